The van der Waals surface area contributed by atoms with Crippen LogP contribution in [0, 0.1) is 10.1 Å². The second-order valence-corrected chi connectivity index (χ2v) is 4.50. The zero-order valence-electron chi connectivity index (χ0n) is 10.8. The molecule has 1 unspecified atom stereocenters. The Morgan fingerprint density at radius 2 is 2.21 bits per heavy atom. The van der Waals surface area contributed by atoms with Gasteiger partial charge in [-0.05, 0) is 17.9 Å². The summed E-state index contributed by atoms with van der Waals surface area (Å²) in [5.41, 5.74) is 0.357. The van der Waals surface area contributed by atoms with E-state index in [1.165, 1.54) is 23.7 Å². The lowest BCUT2D eigenvalue weighted by molar-refractivity contribution is -0.391. The van der Waals surface area contributed by atoms with E-state index in [1.54, 1.807) is 4.90 Å². The topological polar surface area (TPSA) is 80.4 Å². The molecule has 19 heavy (non-hydrogen) atoms. The van der Waals surface area contributed by atoms with E-state index in [2.05, 4.69) is 5.32 Å². The largest absolute Gasteiger partial charge is 0.358 e. The van der Waals surface area contributed by atoms with Crippen molar-refractivity contribution in [3.8, 4) is 0 Å². The lowest BCUT2D eigenvalue weighted by Gasteiger charge is -2.31. The van der Waals surface area contributed by atoms with Gasteiger partial charge in [0.15, 0.2) is 5.69 Å². The first kappa shape index (κ1) is 15.5. The van der Waals surface area contributed by atoms with Gasteiger partial charge in [-0.25, -0.2) is 4.57 Å². The van der Waals surface area contributed by atoms with Crippen LogP contribution in [0.3, 0.4) is 0 Å². The predicted octanol–water partition coefficient (Wildman–Crippen LogP) is 0.789. The summed E-state index contributed by atoms with van der Waals surface area (Å²) in [6.45, 7) is 4.01. The highest BCUT2D eigenvalue weighted by Crippen LogP contribution is 2.17. The smallest absolute Gasteiger partial charge is 0.323 e. The standard InChI is InChI=1S/C11H16N4O3.ClH/c1-8-7-14(6-5-12-8)11(16)9-3-4-10(13(9)2)15(17)18;/h3-4,8,12H,5-7H2,1-2H3;1H. The fourth-order valence-electron chi connectivity index (χ4n) is 2.18. The Kier molecular flexibility index (Phi) is 4.90. The summed E-state index contributed by atoms with van der Waals surface area (Å²) in [4.78, 5) is 24.2. The van der Waals surface area contributed by atoms with Crippen molar-refractivity contribution >= 4 is 24.1 Å². The molecule has 0 spiro atoms. The van der Waals surface area contributed by atoms with Gasteiger partial charge in [-0.3, -0.25) is 4.79 Å². The van der Waals surface area contributed by atoms with E-state index >= 15 is 0 Å². The van der Waals surface area contributed by atoms with Crippen molar-refractivity contribution in [2.75, 3.05) is 19.6 Å². The first-order valence-electron chi connectivity index (χ1n) is 5.83. The molecular formula is C11H17ClN4O3. The van der Waals surface area contributed by atoms with Crippen LogP contribution in [0.25, 0.3) is 0 Å². The predicted molar refractivity (Wildman–Crippen MR) is 72.7 cm³/mol. The summed E-state index contributed by atoms with van der Waals surface area (Å²) in [5, 5.41) is 14.0. The molecule has 106 valence electrons. The third kappa shape index (κ3) is 3.05. The van der Waals surface area contributed by atoms with E-state index in [0.29, 0.717) is 18.8 Å². The number of piperazine rings is 1. The number of nitro groups is 1. The molecule has 0 aromatic carbocycles. The van der Waals surface area contributed by atoms with Crippen molar-refractivity contribution < 1.29 is 9.72 Å². The fraction of sp³-hybridized carbons (Fsp3) is 0.545. The van der Waals surface area contributed by atoms with Crippen molar-refractivity contribution in [2.24, 2.45) is 7.05 Å². The number of nitrogens with zero attached hydrogens (tertiary/aromatic N) is 3. The van der Waals surface area contributed by atoms with Crippen molar-refractivity contribution in [1.82, 2.24) is 14.8 Å². The Morgan fingerprint density at radius 3 is 2.74 bits per heavy atom. The minimum atomic E-state index is -0.489. The highest BCUT2D eigenvalue weighted by molar-refractivity contribution is 5.93. The Morgan fingerprint density at radius 1 is 1.53 bits per heavy atom. The summed E-state index contributed by atoms with van der Waals surface area (Å²) in [7, 11) is 1.54. The lowest BCUT2D eigenvalue weighted by Crippen LogP contribution is -2.51. The molecule has 1 N–H and O–H groups in total. The molecule has 0 radical (unpaired) electrons. The molecule has 2 heterocycles. The molecule has 1 fully saturated rings. The number of hydrogen-bond acceptors (Lipinski definition) is 4. The van der Waals surface area contributed by atoms with E-state index in [1.807, 2.05) is 6.92 Å². The molecular weight excluding hydrogens is 272 g/mol. The fourth-order valence-corrected chi connectivity index (χ4v) is 2.18. The Hall–Kier alpha value is -1.60. The lowest BCUT2D eigenvalue weighted by atomic mass is 10.2. The zero-order valence-corrected chi connectivity index (χ0v) is 11.6. The van der Waals surface area contributed by atoms with Gasteiger partial charge in [-0.1, -0.05) is 0 Å². The average Bonchev–Trinajstić information content (AvgIpc) is 2.70. The van der Waals surface area contributed by atoms with Crippen LogP contribution >= 0.6 is 12.4 Å². The van der Waals surface area contributed by atoms with Crippen LogP contribution in [0.2, 0.25) is 0 Å². The number of carbonyl (C=O) groups is 1. The van der Waals surface area contributed by atoms with Gasteiger partial charge in [0.25, 0.3) is 5.91 Å². The molecule has 0 bridgehead atoms. The number of amides is 1. The molecule has 1 aliphatic heterocycles. The van der Waals surface area contributed by atoms with E-state index < -0.39 is 4.92 Å². The van der Waals surface area contributed by atoms with E-state index in [-0.39, 0.29) is 30.2 Å². The number of halogens is 1. The van der Waals surface area contributed by atoms with Crippen LogP contribution in [0.4, 0.5) is 5.82 Å². The second-order valence-electron chi connectivity index (χ2n) is 4.50. The maximum Gasteiger partial charge on any atom is 0.323 e. The van der Waals surface area contributed by atoms with E-state index in [9.17, 15) is 14.9 Å². The molecule has 1 amide bonds. The summed E-state index contributed by atoms with van der Waals surface area (Å²) in [5.74, 6) is -0.222. The third-order valence-corrected chi connectivity index (χ3v) is 3.16. The maximum atomic E-state index is 12.3. The van der Waals surface area contributed by atoms with Gasteiger partial charge in [0, 0.05) is 31.7 Å². The van der Waals surface area contributed by atoms with Gasteiger partial charge < -0.3 is 20.3 Å². The highest BCUT2D eigenvalue weighted by atomic mass is 35.5. The third-order valence-electron chi connectivity index (χ3n) is 3.16. The summed E-state index contributed by atoms with van der Waals surface area (Å²) in [6.07, 6.45) is 0. The number of carbonyl (C=O) groups excluding carboxylic acids is 1. The van der Waals surface area contributed by atoms with Crippen LogP contribution in [0.1, 0.15) is 17.4 Å². The van der Waals surface area contributed by atoms with Crippen LogP contribution in [0.5, 0.6) is 0 Å². The first-order valence-corrected chi connectivity index (χ1v) is 5.83. The number of nitrogens with one attached hydrogen (secondary N) is 1. The number of aromatic nitrogens is 1. The Balaban J connectivity index is 0.00000180. The van der Waals surface area contributed by atoms with Crippen molar-refractivity contribution in [1.29, 1.82) is 0 Å². The van der Waals surface area contributed by atoms with Gasteiger partial charge >= 0.3 is 5.82 Å². The number of rotatable bonds is 2. The minimum absolute atomic E-state index is 0. The average molecular weight is 289 g/mol. The number of hydrogen-bond donors (Lipinski definition) is 1. The molecule has 2 rings (SSSR count). The summed E-state index contributed by atoms with van der Waals surface area (Å²) < 4.78 is 1.33. The van der Waals surface area contributed by atoms with Crippen LogP contribution in [0.15, 0.2) is 12.1 Å². The van der Waals surface area contributed by atoms with E-state index in [4.69, 9.17) is 0 Å². The second kappa shape index (κ2) is 6.03. The van der Waals surface area contributed by atoms with Crippen LogP contribution in [-0.4, -0.2) is 46.0 Å². The highest BCUT2D eigenvalue weighted by Gasteiger charge is 2.27. The van der Waals surface area contributed by atoms with Gasteiger partial charge in [0.05, 0.1) is 7.05 Å². The van der Waals surface area contributed by atoms with Crippen molar-refractivity contribution in [3.05, 3.63) is 27.9 Å². The van der Waals surface area contributed by atoms with Crippen LogP contribution in [-0.2, 0) is 7.05 Å². The summed E-state index contributed by atoms with van der Waals surface area (Å²) >= 11 is 0. The Bertz CT molecular complexity index is 488. The van der Waals surface area contributed by atoms with Crippen LogP contribution < -0.4 is 5.32 Å². The Labute approximate surface area is 117 Å². The van der Waals surface area contributed by atoms with Gasteiger partial charge in [-0.2, -0.15) is 0 Å². The summed E-state index contributed by atoms with van der Waals surface area (Å²) in [6, 6.07) is 3.12. The monoisotopic (exact) mass is 288 g/mol. The van der Waals surface area contributed by atoms with E-state index in [0.717, 1.165) is 6.54 Å². The maximum absolute atomic E-state index is 12.3. The molecule has 1 aliphatic rings. The van der Waals surface area contributed by atoms with Gasteiger partial charge in [0.1, 0.15) is 0 Å². The van der Waals surface area contributed by atoms with Crippen molar-refractivity contribution in [3.63, 3.8) is 0 Å². The van der Waals surface area contributed by atoms with Gasteiger partial charge in [0.2, 0.25) is 0 Å². The van der Waals surface area contributed by atoms with Gasteiger partial charge in [-0.15, -0.1) is 12.4 Å². The SMILES string of the molecule is CC1CN(C(=O)c2ccc([N+](=O)[O-])n2C)CCN1.Cl. The molecule has 1 saturated heterocycles. The molecule has 0 saturated carbocycles. The molecule has 1 atom stereocenters. The quantitative estimate of drug-likeness (QED) is 0.644. The first-order chi connectivity index (χ1) is 8.50. The minimum Gasteiger partial charge on any atom is -0.358 e. The molecule has 1 aromatic heterocycles. The molecule has 7 nitrogen and oxygen atoms in total. The van der Waals surface area contributed by atoms with Crippen molar-refractivity contribution in [2.45, 2.75) is 13.0 Å². The molecule has 8 heteroatoms. The molecule has 0 aliphatic carbocycles. The normalized spacial score (nSPS) is 18.8. The molecule has 1 aromatic rings. The zero-order chi connectivity index (χ0) is 13.3.